The summed E-state index contributed by atoms with van der Waals surface area (Å²) in [5.41, 5.74) is 0.0810. The van der Waals surface area contributed by atoms with E-state index in [1.165, 1.54) is 24.3 Å². The van der Waals surface area contributed by atoms with Crippen LogP contribution in [0.3, 0.4) is 0 Å². The Kier molecular flexibility index (Phi) is 3.55. The number of hydrogen-bond donors (Lipinski definition) is 1. The maximum absolute atomic E-state index is 13.6. The molecule has 0 heterocycles. The number of halogens is 3. The van der Waals surface area contributed by atoms with Gasteiger partial charge in [0.25, 0.3) is 0 Å². The number of benzene rings is 2. The van der Waals surface area contributed by atoms with Gasteiger partial charge in [0.1, 0.15) is 5.82 Å². The summed E-state index contributed by atoms with van der Waals surface area (Å²) in [4.78, 5) is 10.5. The molecule has 0 aliphatic heterocycles. The molecule has 2 nitrogen and oxygen atoms in total. The van der Waals surface area contributed by atoms with Gasteiger partial charge < -0.3 is 5.11 Å². The zero-order chi connectivity index (χ0) is 14.0. The first-order chi connectivity index (χ1) is 8.99. The van der Waals surface area contributed by atoms with E-state index in [1.807, 2.05) is 0 Å². The van der Waals surface area contributed by atoms with Crippen molar-refractivity contribution in [3.63, 3.8) is 0 Å². The van der Waals surface area contributed by atoms with Crippen LogP contribution in [0.15, 0.2) is 36.4 Å². The number of carbonyl (C=O) groups is 1. The molecule has 0 aliphatic carbocycles. The van der Waals surface area contributed by atoms with Crippen LogP contribution in [0.1, 0.15) is 5.56 Å². The first kappa shape index (κ1) is 13.1. The third-order valence-corrected chi connectivity index (χ3v) is 2.66. The quantitative estimate of drug-likeness (QED) is 0.924. The lowest BCUT2D eigenvalue weighted by atomic mass is 10.0. The van der Waals surface area contributed by atoms with E-state index in [-0.39, 0.29) is 16.7 Å². The Hall–Kier alpha value is -2.30. The van der Waals surface area contributed by atoms with Gasteiger partial charge in [0.05, 0.1) is 6.42 Å². The van der Waals surface area contributed by atoms with Crippen LogP contribution in [0.5, 0.6) is 0 Å². The summed E-state index contributed by atoms with van der Waals surface area (Å²) < 4.78 is 40.3. The molecule has 2 aromatic rings. The standard InChI is InChI=1S/C14H9F3O2/c15-11-3-1-2-10(14(11)17)8-4-5-9(7-13(18)19)12(16)6-8/h1-6H,7H2,(H,18,19). The summed E-state index contributed by atoms with van der Waals surface area (Å²) >= 11 is 0. The molecule has 19 heavy (non-hydrogen) atoms. The van der Waals surface area contributed by atoms with Crippen LogP contribution >= 0.6 is 0 Å². The molecule has 5 heteroatoms. The van der Waals surface area contributed by atoms with Crippen molar-refractivity contribution >= 4 is 5.97 Å². The lowest BCUT2D eigenvalue weighted by Gasteiger charge is -2.06. The van der Waals surface area contributed by atoms with E-state index in [2.05, 4.69) is 0 Å². The zero-order valence-corrected chi connectivity index (χ0v) is 9.66. The minimum atomic E-state index is -1.16. The third kappa shape index (κ3) is 2.76. The van der Waals surface area contributed by atoms with Crippen LogP contribution in [-0.4, -0.2) is 11.1 Å². The lowest BCUT2D eigenvalue weighted by Crippen LogP contribution is -2.02. The van der Waals surface area contributed by atoms with Crippen molar-refractivity contribution in [1.29, 1.82) is 0 Å². The fourth-order valence-corrected chi connectivity index (χ4v) is 1.75. The Morgan fingerprint density at radius 3 is 2.42 bits per heavy atom. The molecule has 0 saturated heterocycles. The van der Waals surface area contributed by atoms with Crippen molar-refractivity contribution in [3.05, 3.63) is 59.4 Å². The van der Waals surface area contributed by atoms with E-state index in [0.29, 0.717) is 0 Å². The fourth-order valence-electron chi connectivity index (χ4n) is 1.75. The Morgan fingerprint density at radius 2 is 1.79 bits per heavy atom. The van der Waals surface area contributed by atoms with Crippen molar-refractivity contribution in [1.82, 2.24) is 0 Å². The smallest absolute Gasteiger partial charge is 0.307 e. The highest BCUT2D eigenvalue weighted by molar-refractivity contribution is 5.71. The SMILES string of the molecule is O=C(O)Cc1ccc(-c2cccc(F)c2F)cc1F. The minimum Gasteiger partial charge on any atom is -0.481 e. The van der Waals surface area contributed by atoms with E-state index >= 15 is 0 Å². The minimum absolute atomic E-state index is 0.00642. The highest BCUT2D eigenvalue weighted by Crippen LogP contribution is 2.26. The number of carboxylic acids is 1. The van der Waals surface area contributed by atoms with Crippen LogP contribution in [0.2, 0.25) is 0 Å². The molecular weight excluding hydrogens is 257 g/mol. The van der Waals surface area contributed by atoms with Crippen molar-refractivity contribution in [2.45, 2.75) is 6.42 Å². The third-order valence-electron chi connectivity index (χ3n) is 2.66. The Labute approximate surface area is 107 Å². The summed E-state index contributed by atoms with van der Waals surface area (Å²) in [6.07, 6.45) is -0.461. The summed E-state index contributed by atoms with van der Waals surface area (Å²) in [5.74, 6) is -4.01. The molecular formula is C14H9F3O2. The molecule has 98 valence electrons. The molecule has 1 N–H and O–H groups in total. The second kappa shape index (κ2) is 5.14. The van der Waals surface area contributed by atoms with Crippen LogP contribution < -0.4 is 0 Å². The number of aliphatic carboxylic acids is 1. The monoisotopic (exact) mass is 266 g/mol. The van der Waals surface area contributed by atoms with Crippen LogP contribution in [0.25, 0.3) is 11.1 Å². The largest absolute Gasteiger partial charge is 0.481 e. The topological polar surface area (TPSA) is 37.3 Å². The molecule has 0 bridgehead atoms. The van der Waals surface area contributed by atoms with Gasteiger partial charge in [-0.05, 0) is 23.3 Å². The van der Waals surface area contributed by atoms with Crippen LogP contribution in [0.4, 0.5) is 13.2 Å². The normalized spacial score (nSPS) is 10.5. The first-order valence-corrected chi connectivity index (χ1v) is 5.43. The first-order valence-electron chi connectivity index (χ1n) is 5.43. The van der Waals surface area contributed by atoms with Crippen molar-refractivity contribution in [2.75, 3.05) is 0 Å². The molecule has 0 atom stereocenters. The number of hydrogen-bond acceptors (Lipinski definition) is 1. The Bertz CT molecular complexity index is 639. The van der Waals surface area contributed by atoms with Gasteiger partial charge in [-0.15, -0.1) is 0 Å². The van der Waals surface area contributed by atoms with Gasteiger partial charge >= 0.3 is 5.97 Å². The van der Waals surface area contributed by atoms with E-state index in [4.69, 9.17) is 5.11 Å². The molecule has 2 rings (SSSR count). The zero-order valence-electron chi connectivity index (χ0n) is 9.66. The molecule has 0 amide bonds. The molecule has 0 unspecified atom stereocenters. The summed E-state index contributed by atoms with van der Waals surface area (Å²) in [6.45, 7) is 0. The number of carboxylic acid groups (broad SMARTS) is 1. The van der Waals surface area contributed by atoms with Gasteiger partial charge in [-0.3, -0.25) is 4.79 Å². The Balaban J connectivity index is 2.44. The average Bonchev–Trinajstić information content (AvgIpc) is 2.35. The van der Waals surface area contributed by atoms with E-state index in [1.54, 1.807) is 0 Å². The van der Waals surface area contributed by atoms with Gasteiger partial charge in [0, 0.05) is 5.56 Å². The van der Waals surface area contributed by atoms with Crippen molar-refractivity contribution < 1.29 is 23.1 Å². The van der Waals surface area contributed by atoms with E-state index < -0.39 is 29.8 Å². The van der Waals surface area contributed by atoms with Crippen molar-refractivity contribution in [3.8, 4) is 11.1 Å². The molecule has 0 radical (unpaired) electrons. The molecule has 0 fully saturated rings. The summed E-state index contributed by atoms with van der Waals surface area (Å²) in [6, 6.07) is 7.22. The van der Waals surface area contributed by atoms with E-state index in [0.717, 1.165) is 12.1 Å². The van der Waals surface area contributed by atoms with Gasteiger partial charge in [-0.25, -0.2) is 13.2 Å². The van der Waals surface area contributed by atoms with E-state index in [9.17, 15) is 18.0 Å². The molecule has 0 saturated carbocycles. The van der Waals surface area contributed by atoms with Crippen molar-refractivity contribution in [2.24, 2.45) is 0 Å². The average molecular weight is 266 g/mol. The molecule has 2 aromatic carbocycles. The van der Waals surface area contributed by atoms with Gasteiger partial charge in [0.15, 0.2) is 11.6 Å². The highest BCUT2D eigenvalue weighted by Gasteiger charge is 2.13. The molecule has 0 spiro atoms. The molecule has 0 aromatic heterocycles. The molecule has 0 aliphatic rings. The predicted molar refractivity (Wildman–Crippen MR) is 63.1 cm³/mol. The van der Waals surface area contributed by atoms with Crippen LogP contribution in [0, 0.1) is 17.5 Å². The second-order valence-electron chi connectivity index (χ2n) is 3.98. The van der Waals surface area contributed by atoms with Gasteiger partial charge in [-0.2, -0.15) is 0 Å². The van der Waals surface area contributed by atoms with Gasteiger partial charge in [0.2, 0.25) is 0 Å². The number of rotatable bonds is 3. The van der Waals surface area contributed by atoms with Gasteiger partial charge in [-0.1, -0.05) is 24.3 Å². The summed E-state index contributed by atoms with van der Waals surface area (Å²) in [5, 5.41) is 8.58. The Morgan fingerprint density at radius 1 is 1.05 bits per heavy atom. The lowest BCUT2D eigenvalue weighted by molar-refractivity contribution is -0.136. The second-order valence-corrected chi connectivity index (χ2v) is 3.98. The maximum Gasteiger partial charge on any atom is 0.307 e. The predicted octanol–water partition coefficient (Wildman–Crippen LogP) is 3.40. The fraction of sp³-hybridized carbons (Fsp3) is 0.0714. The van der Waals surface area contributed by atoms with Crippen LogP contribution in [-0.2, 0) is 11.2 Å². The maximum atomic E-state index is 13.6. The highest BCUT2D eigenvalue weighted by atomic mass is 19.2. The summed E-state index contributed by atoms with van der Waals surface area (Å²) in [7, 11) is 0.